The highest BCUT2D eigenvalue weighted by Gasteiger charge is 2.18. The lowest BCUT2D eigenvalue weighted by Crippen LogP contribution is -2.15. The molecule has 43 heavy (non-hydrogen) atoms. The maximum absolute atomic E-state index is 12.8. The summed E-state index contributed by atoms with van der Waals surface area (Å²) >= 11 is 0. The summed E-state index contributed by atoms with van der Waals surface area (Å²) in [6, 6.07) is 24.6. The first-order chi connectivity index (χ1) is 20.5. The van der Waals surface area contributed by atoms with Crippen LogP contribution in [-0.2, 0) is 20.0 Å². The van der Waals surface area contributed by atoms with Crippen LogP contribution in [-0.4, -0.2) is 31.8 Å². The summed E-state index contributed by atoms with van der Waals surface area (Å²) in [5.41, 5.74) is 3.95. The summed E-state index contributed by atoms with van der Waals surface area (Å²) in [6.45, 7) is 3.61. The number of hydrogen-bond acceptors (Lipinski definition) is 9. The third kappa shape index (κ3) is 6.78. The fraction of sp³-hybridized carbons (Fsp3) is 0.0667. The van der Waals surface area contributed by atoms with Gasteiger partial charge < -0.3 is 5.32 Å². The number of anilines is 4. The van der Waals surface area contributed by atoms with Crippen molar-refractivity contribution in [1.82, 2.24) is 15.0 Å². The zero-order chi connectivity index (χ0) is 30.6. The van der Waals surface area contributed by atoms with Crippen molar-refractivity contribution in [2.75, 3.05) is 14.8 Å². The summed E-state index contributed by atoms with van der Waals surface area (Å²) in [6.07, 6.45) is 3.00. The van der Waals surface area contributed by atoms with Crippen molar-refractivity contribution in [3.05, 3.63) is 114 Å². The highest BCUT2D eigenvalue weighted by atomic mass is 32.2. The van der Waals surface area contributed by atoms with Crippen LogP contribution < -0.4 is 14.8 Å². The first-order valence-corrected chi connectivity index (χ1v) is 15.8. The molecule has 0 spiro atoms. The van der Waals surface area contributed by atoms with Crippen LogP contribution in [0.1, 0.15) is 16.8 Å². The van der Waals surface area contributed by atoms with E-state index in [1.54, 1.807) is 79.7 Å². The number of nitrogens with zero attached hydrogens (tertiary/aromatic N) is 4. The van der Waals surface area contributed by atoms with Gasteiger partial charge in [0, 0.05) is 35.0 Å². The molecule has 0 radical (unpaired) electrons. The predicted molar refractivity (Wildman–Crippen MR) is 164 cm³/mol. The molecule has 0 amide bonds. The van der Waals surface area contributed by atoms with E-state index < -0.39 is 20.0 Å². The molecule has 0 fully saturated rings. The number of nitrogens with one attached hydrogen (secondary N) is 3. The Morgan fingerprint density at radius 1 is 0.674 bits per heavy atom. The second kappa shape index (κ2) is 11.9. The van der Waals surface area contributed by atoms with Gasteiger partial charge >= 0.3 is 0 Å². The topological polar surface area (TPSA) is 167 Å². The number of sulfonamides is 2. The number of aromatic nitrogens is 3. The number of aryl methyl sites for hydroxylation is 2. The van der Waals surface area contributed by atoms with E-state index in [1.165, 1.54) is 24.5 Å². The molecule has 216 valence electrons. The maximum atomic E-state index is 12.8. The van der Waals surface area contributed by atoms with Crippen molar-refractivity contribution >= 4 is 43.2 Å². The Bertz CT molecular complexity index is 2040. The summed E-state index contributed by atoms with van der Waals surface area (Å²) in [7, 11) is -7.68. The molecule has 0 aliphatic rings. The minimum atomic E-state index is -3.92. The summed E-state index contributed by atoms with van der Waals surface area (Å²) in [5.74, 6) is 0.240. The molecule has 0 aliphatic carbocycles. The molecule has 3 N–H and O–H groups in total. The van der Waals surface area contributed by atoms with Crippen molar-refractivity contribution in [2.45, 2.75) is 23.6 Å². The minimum absolute atomic E-state index is 0.00321. The van der Waals surface area contributed by atoms with Gasteiger partial charge in [-0.25, -0.2) is 36.5 Å². The zero-order valence-electron chi connectivity index (χ0n) is 23.0. The van der Waals surface area contributed by atoms with Crippen LogP contribution >= 0.6 is 0 Å². The predicted octanol–water partition coefficient (Wildman–Crippen LogP) is 5.37. The monoisotopic (exact) mass is 611 g/mol. The van der Waals surface area contributed by atoms with Gasteiger partial charge in [-0.3, -0.25) is 4.72 Å². The third-order valence-corrected chi connectivity index (χ3v) is 9.03. The molecule has 0 saturated heterocycles. The van der Waals surface area contributed by atoms with E-state index in [9.17, 15) is 22.1 Å². The lowest BCUT2D eigenvalue weighted by molar-refractivity contribution is 0.599. The lowest BCUT2D eigenvalue weighted by atomic mass is 10.0. The van der Waals surface area contributed by atoms with E-state index in [-0.39, 0.29) is 27.1 Å². The van der Waals surface area contributed by atoms with Crippen LogP contribution in [0.15, 0.2) is 107 Å². The quantitative estimate of drug-likeness (QED) is 0.198. The van der Waals surface area contributed by atoms with Crippen LogP contribution in [0.5, 0.6) is 0 Å². The van der Waals surface area contributed by atoms with Gasteiger partial charge in [0.1, 0.15) is 17.5 Å². The zero-order valence-corrected chi connectivity index (χ0v) is 24.6. The summed E-state index contributed by atoms with van der Waals surface area (Å²) in [4.78, 5) is 12.4. The fourth-order valence-corrected chi connectivity index (χ4v) is 6.10. The number of pyridine rings is 1. The van der Waals surface area contributed by atoms with Crippen molar-refractivity contribution < 1.29 is 16.8 Å². The van der Waals surface area contributed by atoms with Crippen LogP contribution in [0.3, 0.4) is 0 Å². The first-order valence-electron chi connectivity index (χ1n) is 12.8. The van der Waals surface area contributed by atoms with E-state index in [0.29, 0.717) is 28.2 Å². The van der Waals surface area contributed by atoms with E-state index >= 15 is 0 Å². The van der Waals surface area contributed by atoms with E-state index in [4.69, 9.17) is 0 Å². The highest BCUT2D eigenvalue weighted by molar-refractivity contribution is 7.93. The molecule has 5 aromatic rings. The molecule has 0 saturated carbocycles. The Morgan fingerprint density at radius 2 is 1.26 bits per heavy atom. The Hall–Kier alpha value is -5.32. The molecular weight excluding hydrogens is 587 g/mol. The number of nitriles is 1. The largest absolute Gasteiger partial charge is 0.339 e. The lowest BCUT2D eigenvalue weighted by Gasteiger charge is -2.13. The molecule has 0 aliphatic heterocycles. The molecule has 3 aromatic carbocycles. The molecular formula is C30H25N7O4S2. The van der Waals surface area contributed by atoms with Crippen LogP contribution in [0.4, 0.5) is 23.1 Å². The molecule has 2 aromatic heterocycles. The van der Waals surface area contributed by atoms with Gasteiger partial charge in [0.05, 0.1) is 9.79 Å². The molecule has 2 heterocycles. The molecule has 0 unspecified atom stereocenters. The number of rotatable bonds is 9. The van der Waals surface area contributed by atoms with Crippen molar-refractivity contribution in [3.8, 4) is 17.2 Å². The minimum Gasteiger partial charge on any atom is -0.339 e. The third-order valence-electron chi connectivity index (χ3n) is 6.29. The van der Waals surface area contributed by atoms with Crippen LogP contribution in [0.2, 0.25) is 0 Å². The standard InChI is InChI=1S/C30H25N7O4S2/c1-20-3-11-25(12-4-20)42(38,39)36-24-7-5-22(6-8-24)27-16-18-32-29(28(27)19-31)35-23-9-13-26(14-10-23)43(40,41)37-30-33-17-15-21(2)34-30/h3-18,36H,1-2H3,(H,32,35)(H,33,34,37). The van der Waals surface area contributed by atoms with Gasteiger partial charge in [-0.05, 0) is 80.1 Å². The molecule has 0 atom stereocenters. The van der Waals surface area contributed by atoms with E-state index in [1.807, 2.05) is 6.92 Å². The van der Waals surface area contributed by atoms with Crippen LogP contribution in [0, 0.1) is 25.2 Å². The maximum Gasteiger partial charge on any atom is 0.264 e. The number of hydrogen-bond donors (Lipinski definition) is 3. The van der Waals surface area contributed by atoms with Gasteiger partial charge in [0.15, 0.2) is 0 Å². The van der Waals surface area contributed by atoms with E-state index in [2.05, 4.69) is 35.8 Å². The molecule has 5 rings (SSSR count). The Balaban J connectivity index is 1.33. The molecule has 0 bridgehead atoms. The Labute approximate surface area is 249 Å². The van der Waals surface area contributed by atoms with Gasteiger partial charge in [0.2, 0.25) is 5.95 Å². The first kappa shape index (κ1) is 29.2. The van der Waals surface area contributed by atoms with Gasteiger partial charge in [0.25, 0.3) is 20.0 Å². The van der Waals surface area contributed by atoms with E-state index in [0.717, 1.165) is 5.56 Å². The molecule has 11 nitrogen and oxygen atoms in total. The van der Waals surface area contributed by atoms with Gasteiger partial charge in [-0.2, -0.15) is 5.26 Å². The average molecular weight is 612 g/mol. The fourth-order valence-electron chi connectivity index (χ4n) is 4.09. The van der Waals surface area contributed by atoms with Gasteiger partial charge in [-0.1, -0.05) is 29.8 Å². The van der Waals surface area contributed by atoms with Gasteiger partial charge in [-0.15, -0.1) is 0 Å². The Morgan fingerprint density at radius 3 is 1.88 bits per heavy atom. The van der Waals surface area contributed by atoms with Crippen LogP contribution in [0.25, 0.3) is 11.1 Å². The smallest absolute Gasteiger partial charge is 0.264 e. The molecule has 13 heteroatoms. The summed E-state index contributed by atoms with van der Waals surface area (Å²) in [5, 5.41) is 13.0. The summed E-state index contributed by atoms with van der Waals surface area (Å²) < 4.78 is 55.9. The average Bonchev–Trinajstić information content (AvgIpc) is 2.97. The SMILES string of the molecule is Cc1ccc(S(=O)(=O)Nc2ccc(-c3ccnc(Nc4ccc(S(=O)(=O)Nc5nccc(C)n5)cc4)c3C#N)cc2)cc1. The van der Waals surface area contributed by atoms with Crippen molar-refractivity contribution in [3.63, 3.8) is 0 Å². The second-order valence-corrected chi connectivity index (χ2v) is 12.8. The Kier molecular flexibility index (Phi) is 8.07. The van der Waals surface area contributed by atoms with Crippen molar-refractivity contribution in [1.29, 1.82) is 5.26 Å². The second-order valence-electron chi connectivity index (χ2n) is 9.47. The van der Waals surface area contributed by atoms with Crippen molar-refractivity contribution in [2.24, 2.45) is 0 Å². The highest BCUT2D eigenvalue weighted by Crippen LogP contribution is 2.30. The normalized spacial score (nSPS) is 11.4. The number of benzene rings is 3.